The van der Waals surface area contributed by atoms with E-state index in [1.165, 1.54) is 5.56 Å². The first-order chi connectivity index (χ1) is 13.9. The van der Waals surface area contributed by atoms with Crippen LogP contribution in [0.5, 0.6) is 0 Å². The summed E-state index contributed by atoms with van der Waals surface area (Å²) >= 11 is 0. The van der Waals surface area contributed by atoms with Crippen LogP contribution in [0.15, 0.2) is 30.3 Å². The van der Waals surface area contributed by atoms with Crippen LogP contribution in [0.3, 0.4) is 0 Å². The minimum Gasteiger partial charge on any atom is -0.369 e. The second kappa shape index (κ2) is 10.3. The first-order valence-corrected chi connectivity index (χ1v) is 10.4. The largest absolute Gasteiger partial charge is 0.411 e. The third-order valence-corrected chi connectivity index (χ3v) is 5.62. The molecule has 2 aliphatic rings. The fraction of sp³-hybridized carbons (Fsp3) is 0.667. The van der Waals surface area contributed by atoms with Crippen molar-refractivity contribution in [2.24, 2.45) is 0 Å². The first-order valence-electron chi connectivity index (χ1n) is 10.4. The van der Waals surface area contributed by atoms with Crippen molar-refractivity contribution in [2.75, 3.05) is 19.7 Å². The molecule has 2 atom stereocenters. The number of hydrogen-bond donors (Lipinski definition) is 2. The summed E-state index contributed by atoms with van der Waals surface area (Å²) in [6, 6.07) is 10.1. The Labute approximate surface area is 170 Å². The van der Waals surface area contributed by atoms with Crippen LogP contribution in [-0.2, 0) is 11.3 Å². The zero-order valence-corrected chi connectivity index (χ0v) is 16.6. The fourth-order valence-electron chi connectivity index (χ4n) is 4.13. The van der Waals surface area contributed by atoms with E-state index >= 15 is 0 Å². The summed E-state index contributed by atoms with van der Waals surface area (Å²) in [5.41, 5.74) is 1.29. The number of likely N-dealkylation sites (tertiary alicyclic amines) is 1. The molecule has 1 aromatic carbocycles. The maximum absolute atomic E-state index is 12.3. The molecule has 162 valence electrons. The summed E-state index contributed by atoms with van der Waals surface area (Å²) in [4.78, 5) is 14.7. The van der Waals surface area contributed by atoms with Gasteiger partial charge < -0.3 is 15.4 Å². The number of halogens is 3. The van der Waals surface area contributed by atoms with Crippen molar-refractivity contribution >= 4 is 6.03 Å². The van der Waals surface area contributed by atoms with Crippen LogP contribution in [0.4, 0.5) is 18.0 Å². The lowest BCUT2D eigenvalue weighted by Crippen LogP contribution is -2.51. The van der Waals surface area contributed by atoms with Crippen molar-refractivity contribution < 1.29 is 22.7 Å². The summed E-state index contributed by atoms with van der Waals surface area (Å²) in [7, 11) is 0. The van der Waals surface area contributed by atoms with Crippen LogP contribution in [0.2, 0.25) is 0 Å². The third kappa shape index (κ3) is 7.85. The molecule has 29 heavy (non-hydrogen) atoms. The topological polar surface area (TPSA) is 53.6 Å². The summed E-state index contributed by atoms with van der Waals surface area (Å²) in [5.74, 6) is 0. The van der Waals surface area contributed by atoms with E-state index < -0.39 is 18.9 Å². The molecule has 1 saturated heterocycles. The maximum atomic E-state index is 12.3. The molecule has 1 heterocycles. The quantitative estimate of drug-likeness (QED) is 0.745. The highest BCUT2D eigenvalue weighted by Gasteiger charge is 2.31. The van der Waals surface area contributed by atoms with E-state index in [-0.39, 0.29) is 18.1 Å². The number of hydrogen-bond acceptors (Lipinski definition) is 3. The minimum absolute atomic E-state index is 0.128. The Kier molecular flexibility index (Phi) is 7.77. The Morgan fingerprint density at radius 3 is 2.41 bits per heavy atom. The molecule has 2 amide bonds. The lowest BCUT2D eigenvalue weighted by atomic mass is 9.93. The van der Waals surface area contributed by atoms with E-state index in [0.717, 1.165) is 45.3 Å². The molecule has 5 nitrogen and oxygen atoms in total. The lowest BCUT2D eigenvalue weighted by Gasteiger charge is -2.33. The first kappa shape index (κ1) is 21.9. The molecule has 2 fully saturated rings. The zero-order chi connectivity index (χ0) is 20.7. The van der Waals surface area contributed by atoms with Gasteiger partial charge in [-0.2, -0.15) is 13.2 Å². The Hall–Kier alpha value is -1.80. The number of nitrogens with zero attached hydrogens (tertiary/aromatic N) is 1. The highest BCUT2D eigenvalue weighted by Crippen LogP contribution is 2.24. The van der Waals surface area contributed by atoms with Crippen LogP contribution in [0.1, 0.15) is 44.1 Å². The molecule has 8 heteroatoms. The highest BCUT2D eigenvalue weighted by molar-refractivity contribution is 5.74. The number of piperidine rings is 1. The van der Waals surface area contributed by atoms with Crippen LogP contribution in [-0.4, -0.2) is 55.0 Å². The predicted molar refractivity (Wildman–Crippen MR) is 104 cm³/mol. The van der Waals surface area contributed by atoms with Crippen molar-refractivity contribution in [2.45, 2.75) is 69.4 Å². The Morgan fingerprint density at radius 2 is 1.72 bits per heavy atom. The number of alkyl halides is 3. The van der Waals surface area contributed by atoms with E-state index in [2.05, 4.69) is 27.7 Å². The molecular weight excluding hydrogens is 383 g/mol. The van der Waals surface area contributed by atoms with Gasteiger partial charge in [-0.1, -0.05) is 30.3 Å². The molecule has 0 unspecified atom stereocenters. The Bertz CT molecular complexity index is 634. The molecule has 1 aliphatic heterocycles. The minimum atomic E-state index is -4.31. The standard InChI is InChI=1S/C21H30F3N3O2/c22-21(23,24)15-29-19-8-4-7-18(13-19)26-20(28)25-17-9-11-27(12-10-17)14-16-5-2-1-3-6-16/h1-3,5-6,17-19H,4,7-15H2,(H2,25,26,28)/t18-,19-/m1/s1. The van der Waals surface area contributed by atoms with Gasteiger partial charge in [-0.05, 0) is 44.1 Å². The van der Waals surface area contributed by atoms with Gasteiger partial charge in [-0.3, -0.25) is 4.90 Å². The van der Waals surface area contributed by atoms with Crippen LogP contribution in [0.25, 0.3) is 0 Å². The number of carbonyl (C=O) groups is 1. The molecule has 1 aromatic rings. The number of rotatable bonds is 6. The van der Waals surface area contributed by atoms with E-state index in [9.17, 15) is 18.0 Å². The molecule has 0 radical (unpaired) electrons. The third-order valence-electron chi connectivity index (χ3n) is 5.62. The van der Waals surface area contributed by atoms with Crippen LogP contribution in [0, 0.1) is 0 Å². The monoisotopic (exact) mass is 413 g/mol. The van der Waals surface area contributed by atoms with E-state index in [0.29, 0.717) is 12.8 Å². The predicted octanol–water partition coefficient (Wildman–Crippen LogP) is 3.84. The maximum Gasteiger partial charge on any atom is 0.411 e. The van der Waals surface area contributed by atoms with Gasteiger partial charge in [0, 0.05) is 31.7 Å². The van der Waals surface area contributed by atoms with E-state index in [4.69, 9.17) is 4.74 Å². The summed E-state index contributed by atoms with van der Waals surface area (Å²) in [6.45, 7) is 1.55. The molecule has 2 N–H and O–H groups in total. The van der Waals surface area contributed by atoms with Gasteiger partial charge in [0.1, 0.15) is 6.61 Å². The second-order valence-electron chi connectivity index (χ2n) is 8.07. The van der Waals surface area contributed by atoms with Crippen molar-refractivity contribution in [1.82, 2.24) is 15.5 Å². The second-order valence-corrected chi connectivity index (χ2v) is 8.07. The molecule has 0 aromatic heterocycles. The van der Waals surface area contributed by atoms with Gasteiger partial charge in [0.25, 0.3) is 0 Å². The number of ether oxygens (including phenoxy) is 1. The van der Waals surface area contributed by atoms with E-state index in [1.807, 2.05) is 18.2 Å². The van der Waals surface area contributed by atoms with E-state index in [1.54, 1.807) is 0 Å². The van der Waals surface area contributed by atoms with Crippen molar-refractivity contribution in [1.29, 1.82) is 0 Å². The number of nitrogens with one attached hydrogen (secondary N) is 2. The van der Waals surface area contributed by atoms with Crippen molar-refractivity contribution in [3.05, 3.63) is 35.9 Å². The normalized spacial score (nSPS) is 24.2. The molecular formula is C21H30F3N3O2. The molecule has 0 spiro atoms. The van der Waals surface area contributed by atoms with Gasteiger partial charge in [-0.25, -0.2) is 4.79 Å². The summed E-state index contributed by atoms with van der Waals surface area (Å²) < 4.78 is 41.9. The van der Waals surface area contributed by atoms with Crippen LogP contribution >= 0.6 is 0 Å². The lowest BCUT2D eigenvalue weighted by molar-refractivity contribution is -0.188. The van der Waals surface area contributed by atoms with Crippen molar-refractivity contribution in [3.8, 4) is 0 Å². The van der Waals surface area contributed by atoms with Gasteiger partial charge in [0.15, 0.2) is 0 Å². The number of amides is 2. The highest BCUT2D eigenvalue weighted by atomic mass is 19.4. The number of benzene rings is 1. The van der Waals surface area contributed by atoms with Gasteiger partial charge in [-0.15, -0.1) is 0 Å². The van der Waals surface area contributed by atoms with Gasteiger partial charge in [0.2, 0.25) is 0 Å². The molecule has 1 saturated carbocycles. The SMILES string of the molecule is O=C(NC1CCN(Cc2ccccc2)CC1)N[C@@H]1CCC[C@@H](OCC(F)(F)F)C1. The number of carbonyl (C=O) groups excluding carboxylic acids is 1. The molecule has 1 aliphatic carbocycles. The Balaban J connectivity index is 1.34. The smallest absolute Gasteiger partial charge is 0.369 e. The molecule has 3 rings (SSSR count). The summed E-state index contributed by atoms with van der Waals surface area (Å²) in [5, 5.41) is 5.94. The van der Waals surface area contributed by atoms with Crippen LogP contribution < -0.4 is 10.6 Å². The van der Waals surface area contributed by atoms with Gasteiger partial charge >= 0.3 is 12.2 Å². The average Bonchev–Trinajstić information content (AvgIpc) is 2.68. The van der Waals surface area contributed by atoms with Crippen molar-refractivity contribution in [3.63, 3.8) is 0 Å². The average molecular weight is 413 g/mol. The molecule has 0 bridgehead atoms. The van der Waals surface area contributed by atoms with Gasteiger partial charge in [0.05, 0.1) is 6.10 Å². The fourth-order valence-corrected chi connectivity index (χ4v) is 4.13. The summed E-state index contributed by atoms with van der Waals surface area (Å²) in [6.07, 6.45) is -0.413. The number of urea groups is 1. The zero-order valence-electron chi connectivity index (χ0n) is 16.6. The Morgan fingerprint density at radius 1 is 1.03 bits per heavy atom.